The molecule has 0 spiro atoms. The third-order valence-corrected chi connectivity index (χ3v) is 7.37. The van der Waals surface area contributed by atoms with Crippen LogP contribution >= 0.6 is 12.2 Å². The van der Waals surface area contributed by atoms with E-state index >= 15 is 0 Å². The maximum atomic E-state index is 6.02. The van der Waals surface area contributed by atoms with Gasteiger partial charge in [-0.2, -0.15) is 0 Å². The van der Waals surface area contributed by atoms with Gasteiger partial charge in [-0.25, -0.2) is 0 Å². The molecule has 4 nitrogen and oxygen atoms in total. The largest absolute Gasteiger partial charge is 0.494 e. The first kappa shape index (κ1) is 25.3. The van der Waals surface area contributed by atoms with Crippen molar-refractivity contribution in [2.24, 2.45) is 0 Å². The van der Waals surface area contributed by atoms with Gasteiger partial charge in [0, 0.05) is 30.2 Å². The molecule has 1 aliphatic rings. The zero-order valence-electron chi connectivity index (χ0n) is 21.4. The van der Waals surface area contributed by atoms with Crippen LogP contribution in [0.15, 0.2) is 60.8 Å². The third kappa shape index (κ3) is 6.88. The molecule has 1 saturated carbocycles. The number of aryl methyl sites for hydroxylation is 2. The van der Waals surface area contributed by atoms with Gasteiger partial charge >= 0.3 is 0 Å². The Labute approximate surface area is 216 Å². The lowest BCUT2D eigenvalue weighted by atomic mass is 10.1. The fraction of sp³-hybridized carbons (Fsp3) is 0.433. The van der Waals surface area contributed by atoms with Crippen molar-refractivity contribution in [2.75, 3.05) is 11.9 Å². The van der Waals surface area contributed by atoms with Gasteiger partial charge in [0.15, 0.2) is 5.11 Å². The van der Waals surface area contributed by atoms with Gasteiger partial charge in [-0.1, -0.05) is 49.4 Å². The van der Waals surface area contributed by atoms with E-state index in [9.17, 15) is 0 Å². The summed E-state index contributed by atoms with van der Waals surface area (Å²) in [6.07, 6.45) is 9.79. The lowest BCUT2D eigenvalue weighted by Gasteiger charge is -2.34. The number of benzene rings is 2. The molecule has 0 amide bonds. The van der Waals surface area contributed by atoms with Crippen LogP contribution in [0.1, 0.15) is 67.8 Å². The van der Waals surface area contributed by atoms with E-state index < -0.39 is 0 Å². The molecule has 0 unspecified atom stereocenters. The second-order valence-corrected chi connectivity index (χ2v) is 10.1. The Morgan fingerprint density at radius 1 is 1.03 bits per heavy atom. The van der Waals surface area contributed by atoms with E-state index in [2.05, 4.69) is 65.2 Å². The SMILES string of the molecule is CCOc1ccc(NC(=S)N(Cc2cccn2Cc2ccc(C)cc2C)C2CCCCCC2)cc1. The number of nitrogens with zero attached hydrogens (tertiary/aromatic N) is 2. The van der Waals surface area contributed by atoms with E-state index in [1.165, 1.54) is 60.9 Å². The maximum absolute atomic E-state index is 6.02. The fourth-order valence-electron chi connectivity index (χ4n) is 5.06. The van der Waals surface area contributed by atoms with Gasteiger partial charge in [-0.15, -0.1) is 0 Å². The molecule has 1 N–H and O–H groups in total. The zero-order valence-corrected chi connectivity index (χ0v) is 22.2. The molecule has 0 bridgehead atoms. The summed E-state index contributed by atoms with van der Waals surface area (Å²) in [7, 11) is 0. The van der Waals surface area contributed by atoms with Crippen LogP contribution < -0.4 is 10.1 Å². The molecule has 4 rings (SSSR count). The molecule has 2 aromatic carbocycles. The standard InChI is InChI=1S/C30H39N3OS/c1-4-34-29-17-15-26(16-18-29)31-30(35)33(27-10-7-5-6-8-11-27)22-28-12-9-19-32(28)21-25-14-13-23(2)20-24(25)3/h9,12-20,27H,4-8,10-11,21-22H2,1-3H3,(H,31,35). The van der Waals surface area contributed by atoms with Crippen LogP contribution in [0.2, 0.25) is 0 Å². The summed E-state index contributed by atoms with van der Waals surface area (Å²) in [5.74, 6) is 0.883. The van der Waals surface area contributed by atoms with Gasteiger partial charge in [0.1, 0.15) is 5.75 Å². The lowest BCUT2D eigenvalue weighted by Crippen LogP contribution is -2.42. The van der Waals surface area contributed by atoms with Gasteiger partial charge in [-0.05, 0) is 93.4 Å². The number of rotatable bonds is 8. The first-order chi connectivity index (χ1) is 17.0. The number of aromatic nitrogens is 1. The number of thiocarbonyl (C=S) groups is 1. The summed E-state index contributed by atoms with van der Waals surface area (Å²) >= 11 is 6.02. The third-order valence-electron chi connectivity index (χ3n) is 7.04. The Balaban J connectivity index is 1.53. The van der Waals surface area contributed by atoms with E-state index in [0.717, 1.165) is 29.6 Å². The van der Waals surface area contributed by atoms with Gasteiger partial charge in [0.2, 0.25) is 0 Å². The summed E-state index contributed by atoms with van der Waals surface area (Å²) in [5, 5.41) is 4.32. The van der Waals surface area contributed by atoms with E-state index in [0.29, 0.717) is 12.6 Å². The molecule has 186 valence electrons. The molecule has 1 aromatic heterocycles. The van der Waals surface area contributed by atoms with Crippen molar-refractivity contribution in [2.45, 2.75) is 78.4 Å². The Morgan fingerprint density at radius 2 is 1.77 bits per heavy atom. The normalized spacial score (nSPS) is 14.4. The Kier molecular flexibility index (Phi) is 8.86. The molecule has 1 heterocycles. The van der Waals surface area contributed by atoms with Crippen LogP contribution in [0.25, 0.3) is 0 Å². The molecular formula is C30H39N3OS. The van der Waals surface area contributed by atoms with Crippen molar-refractivity contribution >= 4 is 23.0 Å². The second kappa shape index (κ2) is 12.3. The van der Waals surface area contributed by atoms with Gasteiger partial charge < -0.3 is 19.5 Å². The van der Waals surface area contributed by atoms with Crippen LogP contribution in [-0.2, 0) is 13.1 Å². The summed E-state index contributed by atoms with van der Waals surface area (Å²) in [5.41, 5.74) is 6.32. The van der Waals surface area contributed by atoms with E-state index in [-0.39, 0.29) is 0 Å². The second-order valence-electron chi connectivity index (χ2n) is 9.72. The Bertz CT molecular complexity index is 1100. The average Bonchev–Trinajstić information content (AvgIpc) is 3.10. The highest BCUT2D eigenvalue weighted by molar-refractivity contribution is 7.80. The molecule has 5 heteroatoms. The number of hydrogen-bond acceptors (Lipinski definition) is 2. The average molecular weight is 490 g/mol. The zero-order chi connectivity index (χ0) is 24.6. The molecule has 0 aliphatic heterocycles. The first-order valence-electron chi connectivity index (χ1n) is 13.0. The number of ether oxygens (including phenoxy) is 1. The van der Waals surface area contributed by atoms with Gasteiger partial charge in [-0.3, -0.25) is 0 Å². The van der Waals surface area contributed by atoms with Crippen molar-refractivity contribution in [1.82, 2.24) is 9.47 Å². The fourth-order valence-corrected chi connectivity index (χ4v) is 5.39. The number of nitrogens with one attached hydrogen (secondary N) is 1. The van der Waals surface area contributed by atoms with Crippen LogP contribution in [0.5, 0.6) is 5.75 Å². The lowest BCUT2D eigenvalue weighted by molar-refractivity contribution is 0.274. The minimum absolute atomic E-state index is 0.463. The smallest absolute Gasteiger partial charge is 0.174 e. The molecule has 1 aliphatic carbocycles. The van der Waals surface area contributed by atoms with E-state index in [1.807, 2.05) is 31.2 Å². The molecule has 3 aromatic rings. The van der Waals surface area contributed by atoms with Gasteiger partial charge in [0.05, 0.1) is 13.2 Å². The van der Waals surface area contributed by atoms with Crippen LogP contribution in [0.4, 0.5) is 5.69 Å². The van der Waals surface area contributed by atoms with Gasteiger partial charge in [0.25, 0.3) is 0 Å². The monoisotopic (exact) mass is 489 g/mol. The molecule has 0 atom stereocenters. The van der Waals surface area contributed by atoms with Crippen LogP contribution in [0, 0.1) is 13.8 Å². The number of hydrogen-bond donors (Lipinski definition) is 1. The minimum atomic E-state index is 0.463. The molecule has 35 heavy (non-hydrogen) atoms. The molecular weight excluding hydrogens is 450 g/mol. The topological polar surface area (TPSA) is 29.4 Å². The highest BCUT2D eigenvalue weighted by Gasteiger charge is 2.24. The van der Waals surface area contributed by atoms with Crippen LogP contribution in [-0.4, -0.2) is 27.2 Å². The predicted molar refractivity (Wildman–Crippen MR) is 150 cm³/mol. The van der Waals surface area contributed by atoms with E-state index in [1.54, 1.807) is 0 Å². The highest BCUT2D eigenvalue weighted by Crippen LogP contribution is 2.26. The summed E-state index contributed by atoms with van der Waals surface area (Å²) in [6, 6.07) is 19.7. The predicted octanol–water partition coefficient (Wildman–Crippen LogP) is 7.47. The van der Waals surface area contributed by atoms with Crippen molar-refractivity contribution in [1.29, 1.82) is 0 Å². The summed E-state index contributed by atoms with van der Waals surface area (Å²) < 4.78 is 7.97. The number of anilines is 1. The van der Waals surface area contributed by atoms with Crippen LogP contribution in [0.3, 0.4) is 0 Å². The van der Waals surface area contributed by atoms with Crippen molar-refractivity contribution in [3.05, 3.63) is 83.2 Å². The van der Waals surface area contributed by atoms with Crippen molar-refractivity contribution in [3.8, 4) is 5.75 Å². The molecule has 0 radical (unpaired) electrons. The Hall–Kier alpha value is -2.79. The summed E-state index contributed by atoms with van der Waals surface area (Å²) in [6.45, 7) is 8.72. The minimum Gasteiger partial charge on any atom is -0.494 e. The summed E-state index contributed by atoms with van der Waals surface area (Å²) in [4.78, 5) is 2.44. The van der Waals surface area contributed by atoms with Crippen molar-refractivity contribution in [3.63, 3.8) is 0 Å². The first-order valence-corrected chi connectivity index (χ1v) is 13.4. The Morgan fingerprint density at radius 3 is 2.46 bits per heavy atom. The maximum Gasteiger partial charge on any atom is 0.174 e. The molecule has 1 fully saturated rings. The molecule has 0 saturated heterocycles. The van der Waals surface area contributed by atoms with Crippen molar-refractivity contribution < 1.29 is 4.74 Å². The highest BCUT2D eigenvalue weighted by atomic mass is 32.1. The van der Waals surface area contributed by atoms with E-state index in [4.69, 9.17) is 17.0 Å². The quantitative estimate of drug-likeness (QED) is 0.262.